The first kappa shape index (κ1) is 13.7. The van der Waals surface area contributed by atoms with Crippen molar-refractivity contribution in [1.82, 2.24) is 0 Å². The fourth-order valence-corrected chi connectivity index (χ4v) is 2.83. The lowest BCUT2D eigenvalue weighted by Crippen LogP contribution is -2.05. The van der Waals surface area contributed by atoms with Gasteiger partial charge in [0.15, 0.2) is 4.90 Å². The molecule has 0 fully saturated rings. The number of nitro groups is 2. The predicted molar refractivity (Wildman–Crippen MR) is 63.9 cm³/mol. The topological polar surface area (TPSA) is 134 Å². The number of nitro benzene ring substituents is 2. The Balaban J connectivity index is 2.69. The van der Waals surface area contributed by atoms with Crippen LogP contribution in [0, 0.1) is 20.2 Å². The zero-order chi connectivity index (χ0) is 14.9. The fourth-order valence-electron chi connectivity index (χ4n) is 1.51. The molecular formula is C10H6N2O7S. The molecule has 0 aliphatic heterocycles. The second-order valence-electron chi connectivity index (χ2n) is 3.60. The van der Waals surface area contributed by atoms with Crippen LogP contribution in [0.3, 0.4) is 0 Å². The van der Waals surface area contributed by atoms with E-state index in [9.17, 15) is 28.6 Å². The number of non-ortho nitro benzene ring substituents is 1. The maximum atomic E-state index is 12.1. The van der Waals surface area contributed by atoms with Gasteiger partial charge in [-0.15, -0.1) is 0 Å². The van der Waals surface area contributed by atoms with Gasteiger partial charge in [-0.25, -0.2) is 8.42 Å². The van der Waals surface area contributed by atoms with Crippen molar-refractivity contribution in [1.29, 1.82) is 0 Å². The smallest absolute Gasteiger partial charge is 0.295 e. The van der Waals surface area contributed by atoms with Gasteiger partial charge in [-0.05, 0) is 18.2 Å². The van der Waals surface area contributed by atoms with Crippen LogP contribution in [0.5, 0.6) is 0 Å². The van der Waals surface area contributed by atoms with Crippen molar-refractivity contribution >= 4 is 21.2 Å². The van der Waals surface area contributed by atoms with Gasteiger partial charge in [-0.3, -0.25) is 20.2 Å². The molecule has 20 heavy (non-hydrogen) atoms. The molecule has 0 saturated heterocycles. The summed E-state index contributed by atoms with van der Waals surface area (Å²) >= 11 is 0. The highest BCUT2D eigenvalue weighted by Gasteiger charge is 2.31. The van der Waals surface area contributed by atoms with E-state index in [0.29, 0.717) is 6.07 Å². The highest BCUT2D eigenvalue weighted by molar-refractivity contribution is 7.91. The first-order valence-corrected chi connectivity index (χ1v) is 6.54. The Bertz CT molecular complexity index is 780. The molecule has 2 rings (SSSR count). The molecular weight excluding hydrogens is 292 g/mol. The highest BCUT2D eigenvalue weighted by Crippen LogP contribution is 2.32. The van der Waals surface area contributed by atoms with E-state index in [-0.39, 0.29) is 0 Å². The number of nitrogens with zero attached hydrogens (tertiary/aromatic N) is 2. The van der Waals surface area contributed by atoms with Crippen molar-refractivity contribution in [2.45, 2.75) is 9.99 Å². The largest absolute Gasteiger partial charge is 0.453 e. The summed E-state index contributed by atoms with van der Waals surface area (Å²) in [6, 6.07) is 4.72. The first-order chi connectivity index (χ1) is 9.34. The van der Waals surface area contributed by atoms with Crippen LogP contribution in [-0.2, 0) is 9.84 Å². The van der Waals surface area contributed by atoms with Crippen LogP contribution < -0.4 is 0 Å². The molecule has 0 atom stereocenters. The second-order valence-corrected chi connectivity index (χ2v) is 5.45. The van der Waals surface area contributed by atoms with Gasteiger partial charge in [0.1, 0.15) is 0 Å². The summed E-state index contributed by atoms with van der Waals surface area (Å²) in [5.41, 5.74) is -1.45. The molecule has 1 aromatic heterocycles. The van der Waals surface area contributed by atoms with Crippen LogP contribution in [0.2, 0.25) is 0 Å². The number of hydrogen-bond donors (Lipinski definition) is 0. The summed E-state index contributed by atoms with van der Waals surface area (Å²) in [6.45, 7) is 0. The summed E-state index contributed by atoms with van der Waals surface area (Å²) in [6.07, 6.45) is 1.10. The third-order valence-corrected chi connectivity index (χ3v) is 4.09. The number of benzene rings is 1. The molecule has 2 aromatic rings. The number of hydrogen-bond acceptors (Lipinski definition) is 7. The Kier molecular flexibility index (Phi) is 3.24. The SMILES string of the molecule is O=[N+]([O-])c1ccc(S(=O)(=O)c2ccco2)c([N+](=O)[O-])c1. The molecule has 0 amide bonds. The third kappa shape index (κ3) is 2.23. The van der Waals surface area contributed by atoms with E-state index in [0.717, 1.165) is 24.5 Å². The van der Waals surface area contributed by atoms with E-state index in [1.165, 1.54) is 6.07 Å². The van der Waals surface area contributed by atoms with E-state index < -0.39 is 41.0 Å². The van der Waals surface area contributed by atoms with Crippen LogP contribution in [0.25, 0.3) is 0 Å². The molecule has 0 aliphatic rings. The van der Waals surface area contributed by atoms with Crippen molar-refractivity contribution in [2.75, 3.05) is 0 Å². The molecule has 0 bridgehead atoms. The first-order valence-electron chi connectivity index (χ1n) is 5.05. The van der Waals surface area contributed by atoms with Crippen LogP contribution in [0.4, 0.5) is 11.4 Å². The quantitative estimate of drug-likeness (QED) is 0.621. The van der Waals surface area contributed by atoms with Gasteiger partial charge in [0.05, 0.1) is 22.2 Å². The zero-order valence-corrected chi connectivity index (χ0v) is 10.4. The average molecular weight is 298 g/mol. The monoisotopic (exact) mass is 298 g/mol. The summed E-state index contributed by atoms with van der Waals surface area (Å²) in [7, 11) is -4.24. The maximum absolute atomic E-state index is 12.1. The highest BCUT2D eigenvalue weighted by atomic mass is 32.2. The average Bonchev–Trinajstić information content (AvgIpc) is 2.92. The van der Waals surface area contributed by atoms with Crippen molar-refractivity contribution in [2.24, 2.45) is 0 Å². The molecule has 0 saturated carbocycles. The molecule has 10 heteroatoms. The van der Waals surface area contributed by atoms with Crippen LogP contribution >= 0.6 is 0 Å². The van der Waals surface area contributed by atoms with Gasteiger partial charge in [0.2, 0.25) is 14.9 Å². The summed E-state index contributed by atoms with van der Waals surface area (Å²) in [4.78, 5) is 19.0. The third-order valence-electron chi connectivity index (χ3n) is 2.40. The van der Waals surface area contributed by atoms with Crippen molar-refractivity contribution in [3.63, 3.8) is 0 Å². The molecule has 0 N–H and O–H groups in total. The summed E-state index contributed by atoms with van der Waals surface area (Å²) < 4.78 is 29.0. The van der Waals surface area contributed by atoms with E-state index in [1.807, 2.05) is 0 Å². The Morgan fingerprint density at radius 1 is 1.05 bits per heavy atom. The predicted octanol–water partition coefficient (Wildman–Crippen LogP) is 1.93. The minimum absolute atomic E-state index is 0.477. The standard InChI is InChI=1S/C10H6N2O7S/c13-11(14)7-3-4-9(8(6-7)12(15)16)20(17,18)10-2-1-5-19-10/h1-6H. The lowest BCUT2D eigenvalue weighted by Gasteiger charge is -2.02. The molecule has 104 valence electrons. The van der Waals surface area contributed by atoms with Gasteiger partial charge < -0.3 is 4.42 Å². The Morgan fingerprint density at radius 3 is 2.25 bits per heavy atom. The Labute approximate surface area is 111 Å². The van der Waals surface area contributed by atoms with Crippen molar-refractivity contribution in [3.05, 3.63) is 56.8 Å². The molecule has 1 aromatic carbocycles. The Morgan fingerprint density at radius 2 is 1.75 bits per heavy atom. The van der Waals surface area contributed by atoms with Crippen LogP contribution in [0.15, 0.2) is 51.0 Å². The Hall–Kier alpha value is -2.75. The summed E-state index contributed by atoms with van der Waals surface area (Å²) in [5.74, 6) is 0. The maximum Gasteiger partial charge on any atom is 0.295 e. The molecule has 0 radical (unpaired) electrons. The minimum atomic E-state index is -4.24. The molecule has 1 heterocycles. The fraction of sp³-hybridized carbons (Fsp3) is 0. The van der Waals surface area contributed by atoms with E-state index in [1.54, 1.807) is 0 Å². The van der Waals surface area contributed by atoms with Gasteiger partial charge in [0.25, 0.3) is 11.4 Å². The molecule has 9 nitrogen and oxygen atoms in total. The van der Waals surface area contributed by atoms with Gasteiger partial charge in [-0.1, -0.05) is 0 Å². The minimum Gasteiger partial charge on any atom is -0.453 e. The molecule has 0 aliphatic carbocycles. The number of rotatable bonds is 4. The van der Waals surface area contributed by atoms with Gasteiger partial charge in [-0.2, -0.15) is 0 Å². The van der Waals surface area contributed by atoms with Gasteiger partial charge in [0, 0.05) is 6.07 Å². The van der Waals surface area contributed by atoms with E-state index in [2.05, 4.69) is 0 Å². The van der Waals surface area contributed by atoms with E-state index >= 15 is 0 Å². The zero-order valence-electron chi connectivity index (χ0n) is 9.62. The van der Waals surface area contributed by atoms with E-state index in [4.69, 9.17) is 4.42 Å². The van der Waals surface area contributed by atoms with Gasteiger partial charge >= 0.3 is 0 Å². The second kappa shape index (κ2) is 4.74. The molecule has 0 spiro atoms. The van der Waals surface area contributed by atoms with Crippen LogP contribution in [0.1, 0.15) is 0 Å². The lowest BCUT2D eigenvalue weighted by molar-refractivity contribution is -0.396. The normalized spacial score (nSPS) is 11.2. The number of sulfone groups is 1. The summed E-state index contributed by atoms with van der Waals surface area (Å²) in [5, 5.41) is 21.0. The van der Waals surface area contributed by atoms with Crippen molar-refractivity contribution in [3.8, 4) is 0 Å². The number of furan rings is 1. The van der Waals surface area contributed by atoms with Crippen LogP contribution in [-0.4, -0.2) is 18.3 Å². The lowest BCUT2D eigenvalue weighted by atomic mass is 10.3. The van der Waals surface area contributed by atoms with Crippen molar-refractivity contribution < 1.29 is 22.7 Å². The molecule has 0 unspecified atom stereocenters.